The van der Waals surface area contributed by atoms with Crippen LogP contribution in [0.5, 0.6) is 0 Å². The maximum atomic E-state index is 6.00. The Labute approximate surface area is 154 Å². The van der Waals surface area contributed by atoms with Crippen molar-refractivity contribution < 1.29 is 0 Å². The zero-order valence-corrected chi connectivity index (χ0v) is 15.7. The quantitative estimate of drug-likeness (QED) is 0.826. The van der Waals surface area contributed by atoms with Gasteiger partial charge in [0.1, 0.15) is 0 Å². The van der Waals surface area contributed by atoms with Crippen LogP contribution in [0, 0.1) is 0 Å². The summed E-state index contributed by atoms with van der Waals surface area (Å²) in [5, 5.41) is 7.67. The van der Waals surface area contributed by atoms with Crippen molar-refractivity contribution in [3.05, 3.63) is 34.9 Å². The second-order valence-corrected chi connectivity index (χ2v) is 7.23. The van der Waals surface area contributed by atoms with Crippen LogP contribution in [0.2, 0.25) is 5.02 Å². The lowest BCUT2D eigenvalue weighted by Gasteiger charge is -2.40. The molecule has 1 fully saturated rings. The fraction of sp³-hybridized carbons (Fsp3) is 0.556. The minimum absolute atomic E-state index is 0.378. The number of nitrogens with one attached hydrogen (secondary N) is 1. The van der Waals surface area contributed by atoms with Gasteiger partial charge in [0.05, 0.1) is 0 Å². The summed E-state index contributed by atoms with van der Waals surface area (Å²) >= 11 is 6.00. The van der Waals surface area contributed by atoms with Crippen molar-refractivity contribution in [3.63, 3.8) is 0 Å². The van der Waals surface area contributed by atoms with Crippen LogP contribution in [0.3, 0.4) is 0 Å². The van der Waals surface area contributed by atoms with E-state index in [2.05, 4.69) is 51.1 Å². The summed E-state index contributed by atoms with van der Waals surface area (Å²) < 4.78 is 0. The van der Waals surface area contributed by atoms with E-state index >= 15 is 0 Å². The first-order valence-electron chi connectivity index (χ1n) is 8.96. The van der Waals surface area contributed by atoms with Gasteiger partial charge in [0.2, 0.25) is 11.9 Å². The average Bonchev–Trinajstić information content (AvgIpc) is 3.07. The summed E-state index contributed by atoms with van der Waals surface area (Å²) in [6, 6.07) is 9.35. The molecule has 1 aliphatic heterocycles. The topological polar surface area (TPSA) is 74.1 Å². The number of H-pyrrole nitrogens is 1. The van der Waals surface area contributed by atoms with E-state index in [-0.39, 0.29) is 0 Å². The first-order chi connectivity index (χ1) is 12.1. The minimum Gasteiger partial charge on any atom is -0.368 e. The summed E-state index contributed by atoms with van der Waals surface area (Å²) in [5.74, 6) is 1.09. The van der Waals surface area contributed by atoms with E-state index in [0.29, 0.717) is 24.0 Å². The van der Waals surface area contributed by atoms with E-state index in [9.17, 15) is 0 Å². The SMILES string of the molecule is CCC(Cc1ccc(Cl)cc1)N(C)C1CCN(c2n[nH]c(N)n2)CC1. The highest BCUT2D eigenvalue weighted by atomic mass is 35.5. The molecule has 25 heavy (non-hydrogen) atoms. The van der Waals surface area contributed by atoms with Crippen LogP contribution in [0.1, 0.15) is 31.7 Å². The number of aromatic nitrogens is 3. The van der Waals surface area contributed by atoms with Crippen LogP contribution in [-0.4, -0.2) is 52.3 Å². The summed E-state index contributed by atoms with van der Waals surface area (Å²) in [6.45, 7) is 4.19. The maximum absolute atomic E-state index is 6.00. The first kappa shape index (κ1) is 18.0. The fourth-order valence-corrected chi connectivity index (χ4v) is 3.77. The molecule has 1 aromatic carbocycles. The van der Waals surface area contributed by atoms with Crippen molar-refractivity contribution in [2.24, 2.45) is 0 Å². The maximum Gasteiger partial charge on any atom is 0.246 e. The molecule has 3 N–H and O–H groups in total. The lowest BCUT2D eigenvalue weighted by molar-refractivity contribution is 0.143. The first-order valence-corrected chi connectivity index (χ1v) is 9.33. The molecule has 2 heterocycles. The second-order valence-electron chi connectivity index (χ2n) is 6.80. The Morgan fingerprint density at radius 3 is 2.56 bits per heavy atom. The van der Waals surface area contributed by atoms with Crippen molar-refractivity contribution in [1.82, 2.24) is 20.1 Å². The molecule has 0 saturated carbocycles. The molecule has 7 heteroatoms. The van der Waals surface area contributed by atoms with Gasteiger partial charge < -0.3 is 15.5 Å². The number of nitrogen functional groups attached to an aromatic ring is 1. The molecule has 1 aliphatic rings. The van der Waals surface area contributed by atoms with Crippen molar-refractivity contribution in [3.8, 4) is 0 Å². The lowest BCUT2D eigenvalue weighted by Crippen LogP contribution is -2.48. The summed E-state index contributed by atoms with van der Waals surface area (Å²) in [6.07, 6.45) is 4.42. The molecular weight excluding hydrogens is 336 g/mol. The Balaban J connectivity index is 1.56. The Kier molecular flexibility index (Phi) is 5.81. The van der Waals surface area contributed by atoms with Gasteiger partial charge in [-0.05, 0) is 50.4 Å². The Hall–Kier alpha value is -1.79. The molecule has 0 spiro atoms. The van der Waals surface area contributed by atoms with E-state index < -0.39 is 0 Å². The van der Waals surface area contributed by atoms with Crippen molar-refractivity contribution in [2.75, 3.05) is 30.8 Å². The molecule has 1 aromatic heterocycles. The minimum atomic E-state index is 0.378. The molecule has 0 bridgehead atoms. The molecule has 1 atom stereocenters. The number of piperidine rings is 1. The zero-order valence-electron chi connectivity index (χ0n) is 15.0. The number of benzene rings is 1. The third-order valence-electron chi connectivity index (χ3n) is 5.25. The Morgan fingerprint density at radius 2 is 2.00 bits per heavy atom. The van der Waals surface area contributed by atoms with Crippen LogP contribution in [0.15, 0.2) is 24.3 Å². The number of nitrogens with zero attached hydrogens (tertiary/aromatic N) is 4. The number of hydrogen-bond donors (Lipinski definition) is 2. The number of hydrogen-bond acceptors (Lipinski definition) is 5. The molecular formula is C18H27ClN6. The predicted octanol–water partition coefficient (Wildman–Crippen LogP) is 2.96. The molecule has 6 nitrogen and oxygen atoms in total. The monoisotopic (exact) mass is 362 g/mol. The molecule has 136 valence electrons. The highest BCUT2D eigenvalue weighted by Crippen LogP contribution is 2.23. The number of anilines is 2. The summed E-state index contributed by atoms with van der Waals surface area (Å²) in [5.41, 5.74) is 6.97. The lowest BCUT2D eigenvalue weighted by atomic mass is 9.97. The van der Waals surface area contributed by atoms with Crippen molar-refractivity contribution in [1.29, 1.82) is 0 Å². The Morgan fingerprint density at radius 1 is 1.32 bits per heavy atom. The zero-order chi connectivity index (χ0) is 17.8. The molecule has 2 aromatic rings. The predicted molar refractivity (Wildman–Crippen MR) is 103 cm³/mol. The third kappa shape index (κ3) is 4.44. The normalized spacial score (nSPS) is 17.2. The van der Waals surface area contributed by atoms with Gasteiger partial charge in [0.25, 0.3) is 0 Å². The van der Waals surface area contributed by atoms with Gasteiger partial charge in [-0.3, -0.25) is 0 Å². The molecule has 1 unspecified atom stereocenters. The summed E-state index contributed by atoms with van der Waals surface area (Å²) in [4.78, 5) is 8.99. The molecule has 0 radical (unpaired) electrons. The van der Waals surface area contributed by atoms with E-state index in [1.165, 1.54) is 5.56 Å². The van der Waals surface area contributed by atoms with Crippen LogP contribution >= 0.6 is 11.6 Å². The number of halogens is 1. The highest BCUT2D eigenvalue weighted by molar-refractivity contribution is 6.30. The van der Waals surface area contributed by atoms with E-state index in [1.807, 2.05) is 12.1 Å². The van der Waals surface area contributed by atoms with Gasteiger partial charge in [0.15, 0.2) is 0 Å². The van der Waals surface area contributed by atoms with Gasteiger partial charge in [-0.25, -0.2) is 5.10 Å². The molecule has 3 rings (SSSR count). The molecule has 0 aliphatic carbocycles. The Bertz CT molecular complexity index is 662. The number of likely N-dealkylation sites (N-methyl/N-ethyl adjacent to an activating group) is 1. The van der Waals surface area contributed by atoms with Crippen molar-refractivity contribution >= 4 is 23.5 Å². The largest absolute Gasteiger partial charge is 0.368 e. The van der Waals surface area contributed by atoms with Crippen LogP contribution in [-0.2, 0) is 6.42 Å². The van der Waals surface area contributed by atoms with Crippen LogP contribution in [0.25, 0.3) is 0 Å². The second kappa shape index (κ2) is 8.06. The van der Waals surface area contributed by atoms with Gasteiger partial charge in [-0.2, -0.15) is 4.98 Å². The molecule has 1 saturated heterocycles. The number of rotatable bonds is 6. The van der Waals surface area contributed by atoms with Gasteiger partial charge in [-0.15, -0.1) is 5.10 Å². The van der Waals surface area contributed by atoms with E-state index in [4.69, 9.17) is 17.3 Å². The average molecular weight is 363 g/mol. The summed E-state index contributed by atoms with van der Waals surface area (Å²) in [7, 11) is 2.26. The van der Waals surface area contributed by atoms with E-state index in [1.54, 1.807) is 0 Å². The number of nitrogens with two attached hydrogens (primary N) is 1. The van der Waals surface area contributed by atoms with Crippen LogP contribution in [0.4, 0.5) is 11.9 Å². The van der Waals surface area contributed by atoms with Gasteiger partial charge in [0, 0.05) is 30.2 Å². The van der Waals surface area contributed by atoms with Crippen LogP contribution < -0.4 is 10.6 Å². The smallest absolute Gasteiger partial charge is 0.246 e. The van der Waals surface area contributed by atoms with Gasteiger partial charge in [-0.1, -0.05) is 30.7 Å². The standard InChI is InChI=1S/C18H27ClN6/c1-3-15(12-13-4-6-14(19)7-5-13)24(2)16-8-10-25(11-9-16)18-21-17(20)22-23-18/h4-7,15-16H,3,8-12H2,1-2H3,(H3,20,21,22,23). The van der Waals surface area contributed by atoms with Crippen molar-refractivity contribution in [2.45, 2.75) is 44.7 Å². The van der Waals surface area contributed by atoms with Gasteiger partial charge >= 0.3 is 0 Å². The van der Waals surface area contributed by atoms with E-state index in [0.717, 1.165) is 43.8 Å². The molecule has 0 amide bonds. The fourth-order valence-electron chi connectivity index (χ4n) is 3.65. The number of aromatic amines is 1. The highest BCUT2D eigenvalue weighted by Gasteiger charge is 2.27. The third-order valence-corrected chi connectivity index (χ3v) is 5.50.